The van der Waals surface area contributed by atoms with E-state index >= 15 is 0 Å². The second-order valence-electron chi connectivity index (χ2n) is 3.32. The molecule has 0 aromatic heterocycles. The average molecular weight is 204 g/mol. The lowest BCUT2D eigenvalue weighted by molar-refractivity contribution is -0.113. The van der Waals surface area contributed by atoms with Gasteiger partial charge in [0.05, 0.1) is 5.57 Å². The Morgan fingerprint density at radius 1 is 1.13 bits per heavy atom. The zero-order valence-corrected chi connectivity index (χ0v) is 9.16. The van der Waals surface area contributed by atoms with Gasteiger partial charge in [0.15, 0.2) is 5.78 Å². The highest BCUT2D eigenvalue weighted by molar-refractivity contribution is 6.21. The van der Waals surface area contributed by atoms with Gasteiger partial charge in [-0.15, -0.1) is 0 Å². The van der Waals surface area contributed by atoms with Crippen molar-refractivity contribution in [1.29, 1.82) is 0 Å². The fourth-order valence-corrected chi connectivity index (χ4v) is 1.45. The van der Waals surface area contributed by atoms with Gasteiger partial charge in [-0.05, 0) is 5.56 Å². The molecule has 2 nitrogen and oxygen atoms in total. The van der Waals surface area contributed by atoms with E-state index in [1.54, 1.807) is 6.92 Å². The maximum Gasteiger partial charge on any atom is 0.166 e. The fraction of sp³-hybridized carbons (Fsp3) is 0.308. The summed E-state index contributed by atoms with van der Waals surface area (Å²) in [5.74, 6) is 0.161. The molecule has 80 valence electrons. The van der Waals surface area contributed by atoms with Gasteiger partial charge in [-0.3, -0.25) is 4.79 Å². The molecular formula is C13H16O2. The molecule has 0 unspecified atom stereocenters. The van der Waals surface area contributed by atoms with Crippen molar-refractivity contribution >= 4 is 11.4 Å². The molecule has 0 radical (unpaired) electrons. The van der Waals surface area contributed by atoms with Crippen LogP contribution in [0.15, 0.2) is 36.1 Å². The molecule has 0 aliphatic heterocycles. The summed E-state index contributed by atoms with van der Waals surface area (Å²) in [5, 5.41) is 9.73. The Hall–Kier alpha value is -1.57. The van der Waals surface area contributed by atoms with E-state index in [2.05, 4.69) is 0 Å². The van der Waals surface area contributed by atoms with Crippen LogP contribution in [-0.4, -0.2) is 10.9 Å². The van der Waals surface area contributed by atoms with Crippen LogP contribution in [0, 0.1) is 0 Å². The quantitative estimate of drug-likeness (QED) is 0.603. The number of allylic oxidation sites excluding steroid dienone is 2. The summed E-state index contributed by atoms with van der Waals surface area (Å²) in [5.41, 5.74) is 1.25. The van der Waals surface area contributed by atoms with E-state index in [4.69, 9.17) is 0 Å². The maximum atomic E-state index is 11.7. The predicted octanol–water partition coefficient (Wildman–Crippen LogP) is 3.34. The van der Waals surface area contributed by atoms with Crippen molar-refractivity contribution in [1.82, 2.24) is 0 Å². The van der Waals surface area contributed by atoms with Crippen molar-refractivity contribution in [2.45, 2.75) is 26.7 Å². The average Bonchev–Trinajstić information content (AvgIpc) is 2.30. The summed E-state index contributed by atoms with van der Waals surface area (Å²) in [6.45, 7) is 3.63. The third kappa shape index (κ3) is 2.69. The Kier molecular flexibility index (Phi) is 4.10. The maximum absolute atomic E-state index is 11.7. The zero-order chi connectivity index (χ0) is 11.3. The summed E-state index contributed by atoms with van der Waals surface area (Å²) in [6, 6.07) is 9.30. The molecule has 0 atom stereocenters. The van der Waals surface area contributed by atoms with Gasteiger partial charge in [0.1, 0.15) is 5.76 Å². The number of benzene rings is 1. The van der Waals surface area contributed by atoms with Crippen LogP contribution in [-0.2, 0) is 4.79 Å². The number of hydrogen-bond acceptors (Lipinski definition) is 2. The minimum atomic E-state index is -0.0134. The van der Waals surface area contributed by atoms with Crippen molar-refractivity contribution < 1.29 is 9.90 Å². The fourth-order valence-electron chi connectivity index (χ4n) is 1.45. The summed E-state index contributed by atoms with van der Waals surface area (Å²) < 4.78 is 0. The first kappa shape index (κ1) is 11.5. The molecule has 1 N–H and O–H groups in total. The Morgan fingerprint density at radius 3 is 2.20 bits per heavy atom. The van der Waals surface area contributed by atoms with Gasteiger partial charge in [0.2, 0.25) is 0 Å². The first-order valence-corrected chi connectivity index (χ1v) is 5.21. The number of carbonyl (C=O) groups is 1. The molecule has 1 aromatic carbocycles. The van der Waals surface area contributed by atoms with Gasteiger partial charge in [-0.1, -0.05) is 44.2 Å². The lowest BCUT2D eigenvalue weighted by atomic mass is 9.98. The molecule has 0 bridgehead atoms. The first-order chi connectivity index (χ1) is 7.20. The van der Waals surface area contributed by atoms with Gasteiger partial charge in [0, 0.05) is 12.8 Å². The van der Waals surface area contributed by atoms with Crippen molar-refractivity contribution in [2.24, 2.45) is 0 Å². The van der Waals surface area contributed by atoms with E-state index in [-0.39, 0.29) is 11.5 Å². The molecule has 0 amide bonds. The van der Waals surface area contributed by atoms with Crippen molar-refractivity contribution in [3.05, 3.63) is 41.7 Å². The van der Waals surface area contributed by atoms with E-state index in [1.165, 1.54) is 0 Å². The molecule has 0 spiro atoms. The Labute approximate surface area is 90.3 Å². The minimum Gasteiger partial charge on any atom is -0.512 e. The smallest absolute Gasteiger partial charge is 0.166 e. The molecule has 2 heteroatoms. The molecule has 0 heterocycles. The van der Waals surface area contributed by atoms with E-state index in [9.17, 15) is 9.90 Å². The van der Waals surface area contributed by atoms with Crippen molar-refractivity contribution in [3.63, 3.8) is 0 Å². The highest BCUT2D eigenvalue weighted by atomic mass is 16.3. The molecule has 1 aromatic rings. The second kappa shape index (κ2) is 5.35. The number of aliphatic hydroxyl groups is 1. The number of ketones is 1. The van der Waals surface area contributed by atoms with Crippen LogP contribution in [0.2, 0.25) is 0 Å². The number of Topliss-reactive ketones (excluding diaryl/α,β-unsaturated/α-hetero) is 1. The van der Waals surface area contributed by atoms with Gasteiger partial charge in [-0.25, -0.2) is 0 Å². The number of hydrogen-bond donors (Lipinski definition) is 1. The highest BCUT2D eigenvalue weighted by Gasteiger charge is 2.14. The third-order valence-corrected chi connectivity index (χ3v) is 2.29. The molecule has 0 aliphatic rings. The van der Waals surface area contributed by atoms with Crippen LogP contribution in [0.25, 0.3) is 5.57 Å². The molecule has 0 fully saturated rings. The van der Waals surface area contributed by atoms with Crippen molar-refractivity contribution in [3.8, 4) is 0 Å². The molecule has 0 aliphatic carbocycles. The van der Waals surface area contributed by atoms with Crippen LogP contribution in [0.5, 0.6) is 0 Å². The first-order valence-electron chi connectivity index (χ1n) is 5.21. The minimum absolute atomic E-state index is 0.0134. The Bertz CT molecular complexity index is 363. The normalized spacial score (nSPS) is 12.1. The summed E-state index contributed by atoms with van der Waals surface area (Å²) in [7, 11) is 0. The monoisotopic (exact) mass is 204 g/mol. The molecule has 0 saturated carbocycles. The van der Waals surface area contributed by atoms with Crippen molar-refractivity contribution in [2.75, 3.05) is 0 Å². The van der Waals surface area contributed by atoms with Crippen LogP contribution in [0.4, 0.5) is 0 Å². The summed E-state index contributed by atoms with van der Waals surface area (Å²) in [6.07, 6.45) is 0.893. The highest BCUT2D eigenvalue weighted by Crippen LogP contribution is 2.21. The third-order valence-electron chi connectivity index (χ3n) is 2.29. The molecule has 0 saturated heterocycles. The lowest BCUT2D eigenvalue weighted by Gasteiger charge is -2.07. The van der Waals surface area contributed by atoms with Crippen LogP contribution >= 0.6 is 0 Å². The van der Waals surface area contributed by atoms with E-state index in [0.29, 0.717) is 18.4 Å². The molecular weight excluding hydrogens is 188 g/mol. The predicted molar refractivity (Wildman–Crippen MR) is 61.6 cm³/mol. The number of aliphatic hydroxyl groups excluding tert-OH is 1. The van der Waals surface area contributed by atoms with Gasteiger partial charge < -0.3 is 5.11 Å². The largest absolute Gasteiger partial charge is 0.512 e. The standard InChI is InChI=1S/C13H16O2/c1-3-11(14)13(12(15)4-2)10-8-6-5-7-9-10/h5-9,14H,3-4H2,1-2H3/b13-11+. The van der Waals surface area contributed by atoms with E-state index < -0.39 is 0 Å². The SMILES string of the molecule is CCC(=O)/C(=C(/O)CC)c1ccccc1. The van der Waals surface area contributed by atoms with Gasteiger partial charge in [-0.2, -0.15) is 0 Å². The summed E-state index contributed by atoms with van der Waals surface area (Å²) >= 11 is 0. The summed E-state index contributed by atoms with van der Waals surface area (Å²) in [4.78, 5) is 11.7. The van der Waals surface area contributed by atoms with Gasteiger partial charge in [0.25, 0.3) is 0 Å². The molecule has 15 heavy (non-hydrogen) atoms. The molecule has 1 rings (SSSR count). The van der Waals surface area contributed by atoms with Gasteiger partial charge >= 0.3 is 0 Å². The lowest BCUT2D eigenvalue weighted by Crippen LogP contribution is -2.03. The van der Waals surface area contributed by atoms with E-state index in [1.807, 2.05) is 37.3 Å². The van der Waals surface area contributed by atoms with Crippen LogP contribution < -0.4 is 0 Å². The number of carbonyl (C=O) groups excluding carboxylic acids is 1. The van der Waals surface area contributed by atoms with E-state index in [0.717, 1.165) is 5.56 Å². The Balaban J connectivity index is 3.20. The Morgan fingerprint density at radius 2 is 1.73 bits per heavy atom. The van der Waals surface area contributed by atoms with Crippen LogP contribution in [0.3, 0.4) is 0 Å². The topological polar surface area (TPSA) is 37.3 Å². The second-order valence-corrected chi connectivity index (χ2v) is 3.32. The number of rotatable bonds is 4. The zero-order valence-electron chi connectivity index (χ0n) is 9.16. The van der Waals surface area contributed by atoms with Crippen LogP contribution in [0.1, 0.15) is 32.3 Å².